The molecule has 0 aliphatic heterocycles. The van der Waals surface area contributed by atoms with E-state index in [-0.39, 0.29) is 36.0 Å². The molecule has 0 heterocycles. The average molecular weight is 225 g/mol. The summed E-state index contributed by atoms with van der Waals surface area (Å²) in [6.07, 6.45) is -0.378. The van der Waals surface area contributed by atoms with Crippen LogP contribution in [0.15, 0.2) is 0 Å². The van der Waals surface area contributed by atoms with Crippen molar-refractivity contribution in [2.24, 2.45) is 11.8 Å². The first-order chi connectivity index (χ1) is 6.34. The van der Waals surface area contributed by atoms with Gasteiger partial charge in [0.1, 0.15) is 0 Å². The SMILES string of the molecule is [CH2-]C(CN(C)C)C(CC(=O)O)C(=O)O.[Na+]. The van der Waals surface area contributed by atoms with E-state index in [1.807, 2.05) is 0 Å². The Hall–Kier alpha value is -0.100. The number of rotatable bonds is 6. The zero-order valence-corrected chi connectivity index (χ0v) is 11.4. The van der Waals surface area contributed by atoms with Crippen LogP contribution in [-0.2, 0) is 9.59 Å². The Bertz CT molecular complexity index is 220. The first kappa shape index (κ1) is 17.3. The summed E-state index contributed by atoms with van der Waals surface area (Å²) in [7, 11) is 3.58. The molecule has 0 aromatic heterocycles. The number of hydrogen-bond acceptors (Lipinski definition) is 3. The van der Waals surface area contributed by atoms with E-state index in [1.54, 1.807) is 19.0 Å². The predicted octanol–water partition coefficient (Wildman–Crippen LogP) is -2.82. The van der Waals surface area contributed by atoms with Gasteiger partial charge in [-0.3, -0.25) is 9.59 Å². The molecule has 0 rings (SSSR count). The molecule has 0 aliphatic rings. The van der Waals surface area contributed by atoms with Gasteiger partial charge >= 0.3 is 41.5 Å². The molecule has 0 radical (unpaired) electrons. The molecular weight excluding hydrogens is 209 g/mol. The molecule has 5 nitrogen and oxygen atoms in total. The van der Waals surface area contributed by atoms with Crippen molar-refractivity contribution in [2.45, 2.75) is 6.42 Å². The second kappa shape index (κ2) is 8.10. The summed E-state index contributed by atoms with van der Waals surface area (Å²) in [4.78, 5) is 22.9. The van der Waals surface area contributed by atoms with E-state index in [0.29, 0.717) is 6.54 Å². The van der Waals surface area contributed by atoms with Gasteiger partial charge in [-0.2, -0.15) is 0 Å². The van der Waals surface area contributed by atoms with Crippen LogP contribution in [0, 0.1) is 18.8 Å². The van der Waals surface area contributed by atoms with E-state index in [2.05, 4.69) is 6.92 Å². The molecule has 0 fully saturated rings. The van der Waals surface area contributed by atoms with Crippen LogP contribution in [0.5, 0.6) is 0 Å². The third-order valence-electron chi connectivity index (χ3n) is 1.88. The Balaban J connectivity index is 0. The van der Waals surface area contributed by atoms with Crippen molar-refractivity contribution in [1.29, 1.82) is 0 Å². The molecular formula is C9H16NNaO4. The summed E-state index contributed by atoms with van der Waals surface area (Å²) in [6, 6.07) is 0. The van der Waals surface area contributed by atoms with Crippen molar-refractivity contribution in [3.05, 3.63) is 6.92 Å². The Labute approximate surface area is 112 Å². The summed E-state index contributed by atoms with van der Waals surface area (Å²) in [6.45, 7) is 4.13. The molecule has 82 valence electrons. The third kappa shape index (κ3) is 7.79. The molecule has 0 bridgehead atoms. The fraction of sp³-hybridized carbons (Fsp3) is 0.667. The predicted molar refractivity (Wildman–Crippen MR) is 50.8 cm³/mol. The van der Waals surface area contributed by atoms with Gasteiger partial charge in [0.15, 0.2) is 0 Å². The number of hydrogen-bond donors (Lipinski definition) is 2. The maximum absolute atomic E-state index is 10.7. The van der Waals surface area contributed by atoms with Gasteiger partial charge in [-0.05, 0) is 20.6 Å². The van der Waals surface area contributed by atoms with Crippen molar-refractivity contribution in [3.8, 4) is 0 Å². The Morgan fingerprint density at radius 2 is 1.80 bits per heavy atom. The Kier molecular flexibility index (Phi) is 9.34. The monoisotopic (exact) mass is 225 g/mol. The minimum atomic E-state index is -1.11. The van der Waals surface area contributed by atoms with Gasteiger partial charge in [-0.15, -0.1) is 5.92 Å². The van der Waals surface area contributed by atoms with E-state index in [0.717, 1.165) is 0 Å². The quantitative estimate of drug-likeness (QED) is 0.376. The van der Waals surface area contributed by atoms with Gasteiger partial charge in [0.25, 0.3) is 0 Å². The molecule has 2 N–H and O–H groups in total. The van der Waals surface area contributed by atoms with E-state index in [1.165, 1.54) is 0 Å². The first-order valence-corrected chi connectivity index (χ1v) is 4.27. The Morgan fingerprint density at radius 1 is 1.33 bits per heavy atom. The zero-order chi connectivity index (χ0) is 11.3. The summed E-state index contributed by atoms with van der Waals surface area (Å²) in [5, 5.41) is 17.3. The van der Waals surface area contributed by atoms with E-state index in [4.69, 9.17) is 10.2 Å². The second-order valence-electron chi connectivity index (χ2n) is 3.56. The number of aliphatic carboxylic acids is 2. The van der Waals surface area contributed by atoms with Crippen LogP contribution in [-0.4, -0.2) is 47.7 Å². The van der Waals surface area contributed by atoms with Crippen molar-refractivity contribution in [2.75, 3.05) is 20.6 Å². The molecule has 0 saturated heterocycles. The summed E-state index contributed by atoms with van der Waals surface area (Å²) >= 11 is 0. The third-order valence-corrected chi connectivity index (χ3v) is 1.88. The van der Waals surface area contributed by atoms with E-state index < -0.39 is 23.8 Å². The van der Waals surface area contributed by atoms with Crippen molar-refractivity contribution < 1.29 is 49.4 Å². The molecule has 0 saturated carbocycles. The van der Waals surface area contributed by atoms with Gasteiger partial charge in [0.2, 0.25) is 0 Å². The molecule has 2 atom stereocenters. The fourth-order valence-electron chi connectivity index (χ4n) is 1.24. The maximum atomic E-state index is 10.7. The minimum Gasteiger partial charge on any atom is -0.481 e. The van der Waals surface area contributed by atoms with Gasteiger partial charge in [0, 0.05) is 5.92 Å². The van der Waals surface area contributed by atoms with E-state index >= 15 is 0 Å². The maximum Gasteiger partial charge on any atom is 1.00 e. The van der Waals surface area contributed by atoms with Crippen molar-refractivity contribution in [3.63, 3.8) is 0 Å². The van der Waals surface area contributed by atoms with Crippen LogP contribution < -0.4 is 29.6 Å². The Morgan fingerprint density at radius 3 is 2.07 bits per heavy atom. The molecule has 6 heteroatoms. The number of carbonyl (C=O) groups is 2. The van der Waals surface area contributed by atoms with Gasteiger partial charge in [0.05, 0.1) is 6.42 Å². The first-order valence-electron chi connectivity index (χ1n) is 4.27. The molecule has 0 aliphatic carbocycles. The van der Waals surface area contributed by atoms with Crippen LogP contribution in [0.2, 0.25) is 0 Å². The van der Waals surface area contributed by atoms with Crippen LogP contribution in [0.3, 0.4) is 0 Å². The van der Waals surface area contributed by atoms with Crippen LogP contribution in [0.1, 0.15) is 6.42 Å². The van der Waals surface area contributed by atoms with Gasteiger partial charge in [-0.1, -0.05) is 0 Å². The average Bonchev–Trinajstić information content (AvgIpc) is 1.97. The summed E-state index contributed by atoms with van der Waals surface area (Å²) < 4.78 is 0. The van der Waals surface area contributed by atoms with Gasteiger partial charge < -0.3 is 22.0 Å². The van der Waals surface area contributed by atoms with Crippen molar-refractivity contribution in [1.82, 2.24) is 4.90 Å². The topological polar surface area (TPSA) is 77.8 Å². The van der Waals surface area contributed by atoms with E-state index in [9.17, 15) is 9.59 Å². The number of nitrogens with zero attached hydrogens (tertiary/aromatic N) is 1. The van der Waals surface area contributed by atoms with Gasteiger partial charge in [-0.25, -0.2) is 0 Å². The van der Waals surface area contributed by atoms with Crippen molar-refractivity contribution >= 4 is 11.9 Å². The number of carboxylic acids is 2. The van der Waals surface area contributed by atoms with Crippen LogP contribution in [0.25, 0.3) is 0 Å². The largest absolute Gasteiger partial charge is 1.00 e. The molecule has 0 aromatic carbocycles. The van der Waals surface area contributed by atoms with Crippen LogP contribution >= 0.6 is 0 Å². The fourth-order valence-corrected chi connectivity index (χ4v) is 1.24. The normalized spacial score (nSPS) is 14.1. The molecule has 0 amide bonds. The van der Waals surface area contributed by atoms with Crippen LogP contribution in [0.4, 0.5) is 0 Å². The standard InChI is InChI=1S/C9H16NO4.Na/c1-6(5-10(2)3)7(9(13)14)4-8(11)12;/h6-7H,1,4-5H2,2-3H3,(H,11,12)(H,13,14);/q-1;+1. The molecule has 2 unspecified atom stereocenters. The summed E-state index contributed by atoms with van der Waals surface area (Å²) in [5.74, 6) is -3.55. The molecule has 15 heavy (non-hydrogen) atoms. The molecule has 0 spiro atoms. The molecule has 0 aromatic rings. The second-order valence-corrected chi connectivity index (χ2v) is 3.56. The number of carboxylic acid groups (broad SMARTS) is 2. The zero-order valence-electron chi connectivity index (χ0n) is 9.43. The minimum absolute atomic E-state index is 0. The summed E-state index contributed by atoms with van der Waals surface area (Å²) in [5.41, 5.74) is 0. The smallest absolute Gasteiger partial charge is 0.481 e.